The molecule has 1 aliphatic rings. The van der Waals surface area contributed by atoms with Crippen molar-refractivity contribution in [1.82, 2.24) is 9.88 Å². The van der Waals surface area contributed by atoms with Gasteiger partial charge in [-0.3, -0.25) is 4.90 Å². The molecule has 0 saturated carbocycles. The monoisotopic (exact) mass is 363 g/mol. The normalized spacial score (nSPS) is 16.6. The lowest BCUT2D eigenvalue weighted by atomic mass is 10.0. The Labute approximate surface area is 138 Å². The van der Waals surface area contributed by atoms with Crippen LogP contribution in [-0.4, -0.2) is 29.0 Å². The van der Waals surface area contributed by atoms with Gasteiger partial charge in [-0.15, -0.1) is 0 Å². The summed E-state index contributed by atoms with van der Waals surface area (Å²) in [5, 5.41) is 3.49. The fourth-order valence-corrected chi connectivity index (χ4v) is 2.99. The summed E-state index contributed by atoms with van der Waals surface area (Å²) < 4.78 is 13.9. The van der Waals surface area contributed by atoms with Crippen LogP contribution in [0.3, 0.4) is 0 Å². The number of piperidine rings is 1. The van der Waals surface area contributed by atoms with Crippen molar-refractivity contribution >= 4 is 21.7 Å². The Hall–Kier alpha value is -1.46. The highest BCUT2D eigenvalue weighted by molar-refractivity contribution is 9.10. The SMILES string of the molecule is Fc1ccc(CN2CCC(Nc3ccc(Br)cn3)CC2)cc1. The number of halogens is 2. The van der Waals surface area contributed by atoms with Gasteiger partial charge in [-0.1, -0.05) is 12.1 Å². The lowest BCUT2D eigenvalue weighted by molar-refractivity contribution is 0.211. The highest BCUT2D eigenvalue weighted by atomic mass is 79.9. The molecule has 22 heavy (non-hydrogen) atoms. The molecule has 0 aliphatic carbocycles. The number of pyridine rings is 1. The third-order valence-corrected chi connectivity index (χ3v) is 4.46. The third kappa shape index (κ3) is 4.27. The highest BCUT2D eigenvalue weighted by Crippen LogP contribution is 2.18. The number of likely N-dealkylation sites (tertiary alicyclic amines) is 1. The fourth-order valence-electron chi connectivity index (χ4n) is 2.75. The number of nitrogens with zero attached hydrogens (tertiary/aromatic N) is 2. The molecule has 1 aliphatic heterocycles. The van der Waals surface area contributed by atoms with Crippen molar-refractivity contribution < 1.29 is 4.39 Å². The van der Waals surface area contributed by atoms with Gasteiger partial charge >= 0.3 is 0 Å². The second-order valence-corrected chi connectivity index (χ2v) is 6.60. The average molecular weight is 364 g/mol. The number of aromatic nitrogens is 1. The van der Waals surface area contributed by atoms with Crippen molar-refractivity contribution in [3.63, 3.8) is 0 Å². The summed E-state index contributed by atoms with van der Waals surface area (Å²) in [5.41, 5.74) is 1.17. The van der Waals surface area contributed by atoms with Crippen molar-refractivity contribution in [1.29, 1.82) is 0 Å². The maximum absolute atomic E-state index is 12.9. The van der Waals surface area contributed by atoms with Crippen LogP contribution >= 0.6 is 15.9 Å². The first-order chi connectivity index (χ1) is 10.7. The molecular formula is C17H19BrFN3. The molecule has 1 aromatic carbocycles. The Morgan fingerprint density at radius 3 is 2.50 bits per heavy atom. The predicted molar refractivity (Wildman–Crippen MR) is 90.3 cm³/mol. The topological polar surface area (TPSA) is 28.2 Å². The minimum atomic E-state index is -0.173. The van der Waals surface area contributed by atoms with Gasteiger partial charge in [-0.25, -0.2) is 9.37 Å². The maximum Gasteiger partial charge on any atom is 0.126 e. The van der Waals surface area contributed by atoms with Crippen LogP contribution < -0.4 is 5.32 Å². The van der Waals surface area contributed by atoms with E-state index in [2.05, 4.69) is 31.1 Å². The summed E-state index contributed by atoms with van der Waals surface area (Å²) in [5.74, 6) is 0.758. The molecule has 0 amide bonds. The first-order valence-corrected chi connectivity index (χ1v) is 8.33. The Morgan fingerprint density at radius 2 is 1.86 bits per heavy atom. The number of hydrogen-bond donors (Lipinski definition) is 1. The van der Waals surface area contributed by atoms with Gasteiger partial charge in [0, 0.05) is 36.3 Å². The van der Waals surface area contributed by atoms with Crippen LogP contribution in [-0.2, 0) is 6.54 Å². The van der Waals surface area contributed by atoms with E-state index >= 15 is 0 Å². The molecule has 0 unspecified atom stereocenters. The standard InChI is InChI=1S/C17H19BrFN3/c18-14-3-6-17(20-11-14)21-16-7-9-22(10-8-16)12-13-1-4-15(19)5-2-13/h1-6,11,16H,7-10,12H2,(H,20,21). The number of hydrogen-bond acceptors (Lipinski definition) is 3. The van der Waals surface area contributed by atoms with Crippen LogP contribution in [0.15, 0.2) is 47.1 Å². The molecule has 1 N–H and O–H groups in total. The molecule has 0 radical (unpaired) electrons. The molecule has 3 nitrogen and oxygen atoms in total. The van der Waals surface area contributed by atoms with Gasteiger partial charge < -0.3 is 5.32 Å². The van der Waals surface area contributed by atoms with Gasteiger partial charge in [-0.2, -0.15) is 0 Å². The molecule has 1 aromatic heterocycles. The second kappa shape index (κ2) is 7.20. The third-order valence-electron chi connectivity index (χ3n) is 3.99. The molecule has 2 aromatic rings. The summed E-state index contributed by atoms with van der Waals surface area (Å²) in [6.45, 7) is 2.99. The van der Waals surface area contributed by atoms with Crippen molar-refractivity contribution in [3.8, 4) is 0 Å². The molecule has 1 saturated heterocycles. The zero-order chi connectivity index (χ0) is 15.4. The molecule has 2 heterocycles. The largest absolute Gasteiger partial charge is 0.367 e. The van der Waals surface area contributed by atoms with Gasteiger partial charge in [0.1, 0.15) is 11.6 Å². The Bertz CT molecular complexity index is 537. The summed E-state index contributed by atoms with van der Waals surface area (Å²) in [6, 6.07) is 11.3. The molecular weight excluding hydrogens is 345 g/mol. The van der Waals surface area contributed by atoms with E-state index in [1.165, 1.54) is 17.7 Å². The average Bonchev–Trinajstić information content (AvgIpc) is 2.54. The Kier molecular flexibility index (Phi) is 5.05. The van der Waals surface area contributed by atoms with E-state index in [0.29, 0.717) is 6.04 Å². The molecule has 3 rings (SSSR count). The van der Waals surface area contributed by atoms with E-state index in [4.69, 9.17) is 0 Å². The minimum Gasteiger partial charge on any atom is -0.367 e. The molecule has 5 heteroatoms. The summed E-state index contributed by atoms with van der Waals surface area (Å²) >= 11 is 3.39. The minimum absolute atomic E-state index is 0.173. The molecule has 0 bridgehead atoms. The molecule has 0 spiro atoms. The van der Waals surface area contributed by atoms with Crippen LogP contribution in [0.25, 0.3) is 0 Å². The van der Waals surface area contributed by atoms with E-state index in [0.717, 1.165) is 42.8 Å². The summed E-state index contributed by atoms with van der Waals surface area (Å²) in [4.78, 5) is 6.78. The second-order valence-electron chi connectivity index (χ2n) is 5.68. The van der Waals surface area contributed by atoms with Gasteiger partial charge in [0.15, 0.2) is 0 Å². The smallest absolute Gasteiger partial charge is 0.126 e. The predicted octanol–water partition coefficient (Wildman–Crippen LogP) is 4.06. The van der Waals surface area contributed by atoms with Gasteiger partial charge in [0.05, 0.1) is 0 Å². The van der Waals surface area contributed by atoms with Crippen molar-refractivity contribution in [2.45, 2.75) is 25.4 Å². The first-order valence-electron chi connectivity index (χ1n) is 7.54. The Morgan fingerprint density at radius 1 is 1.14 bits per heavy atom. The quantitative estimate of drug-likeness (QED) is 0.887. The maximum atomic E-state index is 12.9. The van der Waals surface area contributed by atoms with Gasteiger partial charge in [0.25, 0.3) is 0 Å². The zero-order valence-electron chi connectivity index (χ0n) is 12.3. The van der Waals surface area contributed by atoms with E-state index < -0.39 is 0 Å². The van der Waals surface area contributed by atoms with Gasteiger partial charge in [0.2, 0.25) is 0 Å². The van der Waals surface area contributed by atoms with Crippen LogP contribution in [0, 0.1) is 5.82 Å². The summed E-state index contributed by atoms with van der Waals surface area (Å²) in [7, 11) is 0. The lowest BCUT2D eigenvalue weighted by Gasteiger charge is -2.32. The van der Waals surface area contributed by atoms with Crippen molar-refractivity contribution in [2.24, 2.45) is 0 Å². The number of nitrogens with one attached hydrogen (secondary N) is 1. The van der Waals surface area contributed by atoms with Crippen molar-refractivity contribution in [3.05, 3.63) is 58.4 Å². The van der Waals surface area contributed by atoms with Crippen molar-refractivity contribution in [2.75, 3.05) is 18.4 Å². The van der Waals surface area contributed by atoms with Crippen LogP contribution in [0.1, 0.15) is 18.4 Å². The van der Waals surface area contributed by atoms with Crippen LogP contribution in [0.4, 0.5) is 10.2 Å². The highest BCUT2D eigenvalue weighted by Gasteiger charge is 2.19. The number of anilines is 1. The van der Waals surface area contributed by atoms with Gasteiger partial charge in [-0.05, 0) is 58.6 Å². The van der Waals surface area contributed by atoms with E-state index in [-0.39, 0.29) is 5.82 Å². The fraction of sp³-hybridized carbons (Fsp3) is 0.353. The van der Waals surface area contributed by atoms with Crippen LogP contribution in [0.2, 0.25) is 0 Å². The number of rotatable bonds is 4. The molecule has 1 fully saturated rings. The van der Waals surface area contributed by atoms with E-state index in [1.807, 2.05) is 30.5 Å². The summed E-state index contributed by atoms with van der Waals surface area (Å²) in [6.07, 6.45) is 4.00. The number of benzene rings is 1. The van der Waals surface area contributed by atoms with E-state index in [1.54, 1.807) is 0 Å². The molecule has 0 atom stereocenters. The van der Waals surface area contributed by atoms with Crippen LogP contribution in [0.5, 0.6) is 0 Å². The molecule has 116 valence electrons. The Balaban J connectivity index is 1.47. The first kappa shape index (κ1) is 15.4. The lowest BCUT2D eigenvalue weighted by Crippen LogP contribution is -2.38. The van der Waals surface area contributed by atoms with E-state index in [9.17, 15) is 4.39 Å². The zero-order valence-corrected chi connectivity index (χ0v) is 13.9.